The van der Waals surface area contributed by atoms with E-state index in [1.165, 1.54) is 18.1 Å². The van der Waals surface area contributed by atoms with Gasteiger partial charge in [0.25, 0.3) is 5.91 Å². The molecule has 0 aliphatic rings. The number of anilines is 1. The van der Waals surface area contributed by atoms with E-state index in [1.807, 2.05) is 37.3 Å². The highest BCUT2D eigenvalue weighted by atomic mass is 32.2. The minimum atomic E-state index is -0.170. The highest BCUT2D eigenvalue weighted by Crippen LogP contribution is 2.21. The Morgan fingerprint density at radius 1 is 1.26 bits per heavy atom. The fourth-order valence-corrected chi connectivity index (χ4v) is 2.85. The second kappa shape index (κ2) is 7.06. The first-order chi connectivity index (χ1) is 11.2. The van der Waals surface area contributed by atoms with Crippen molar-refractivity contribution in [1.29, 1.82) is 0 Å². The number of aromatic nitrogens is 4. The van der Waals surface area contributed by atoms with Crippen molar-refractivity contribution in [2.45, 2.75) is 17.8 Å². The number of benzene rings is 1. The highest BCUT2D eigenvalue weighted by Gasteiger charge is 2.12. The van der Waals surface area contributed by atoms with E-state index in [9.17, 15) is 4.79 Å². The van der Waals surface area contributed by atoms with Crippen LogP contribution >= 0.6 is 11.8 Å². The predicted octanol–water partition coefficient (Wildman–Crippen LogP) is 3.05. The third-order valence-electron chi connectivity index (χ3n) is 3.18. The second-order valence-electron chi connectivity index (χ2n) is 4.91. The summed E-state index contributed by atoms with van der Waals surface area (Å²) < 4.78 is 0. The Balaban J connectivity index is 1.75. The lowest BCUT2D eigenvalue weighted by Crippen LogP contribution is -2.15. The van der Waals surface area contributed by atoms with E-state index >= 15 is 0 Å². The summed E-state index contributed by atoms with van der Waals surface area (Å²) in [6, 6.07) is 11.2. The third-order valence-corrected chi connectivity index (χ3v) is 4.10. The summed E-state index contributed by atoms with van der Waals surface area (Å²) in [7, 11) is 0. The van der Waals surface area contributed by atoms with Gasteiger partial charge >= 0.3 is 0 Å². The van der Waals surface area contributed by atoms with Crippen LogP contribution in [-0.2, 0) is 5.75 Å². The van der Waals surface area contributed by atoms with Crippen LogP contribution in [0.5, 0.6) is 0 Å². The fourth-order valence-electron chi connectivity index (χ4n) is 2.07. The molecule has 0 saturated carbocycles. The average molecular weight is 325 g/mol. The Morgan fingerprint density at radius 3 is 2.91 bits per heavy atom. The molecule has 0 aliphatic carbocycles. The van der Waals surface area contributed by atoms with Crippen molar-refractivity contribution in [3.8, 4) is 0 Å². The number of carbonyl (C=O) groups excluding carboxylic acids is 1. The lowest BCUT2D eigenvalue weighted by Gasteiger charge is -2.09. The number of amides is 1. The average Bonchev–Trinajstić information content (AvgIpc) is 3.06. The molecule has 0 aliphatic heterocycles. The molecule has 2 heterocycles. The standard InChI is InChI=1S/C16H15N5OS/c1-11-6-7-17-14(8-11)20-15(22)13-5-3-2-4-12(13)9-23-16-18-10-19-21-16/h2-8,10H,9H2,1H3,(H,17,20,22)(H,18,19,21). The van der Waals surface area contributed by atoms with Crippen molar-refractivity contribution in [2.75, 3.05) is 5.32 Å². The predicted molar refractivity (Wildman–Crippen MR) is 89.3 cm³/mol. The second-order valence-corrected chi connectivity index (χ2v) is 5.87. The molecule has 0 bridgehead atoms. The molecule has 2 N–H and O–H groups in total. The zero-order chi connectivity index (χ0) is 16.1. The maximum atomic E-state index is 12.5. The van der Waals surface area contributed by atoms with E-state index in [0.717, 1.165) is 16.3 Å². The minimum Gasteiger partial charge on any atom is -0.307 e. The first kappa shape index (κ1) is 15.2. The number of H-pyrrole nitrogens is 1. The van der Waals surface area contributed by atoms with Crippen LogP contribution in [0.2, 0.25) is 0 Å². The van der Waals surface area contributed by atoms with Gasteiger partial charge < -0.3 is 5.32 Å². The van der Waals surface area contributed by atoms with Gasteiger partial charge in [-0.05, 0) is 36.2 Å². The number of thioether (sulfide) groups is 1. The van der Waals surface area contributed by atoms with Gasteiger partial charge in [-0.2, -0.15) is 5.10 Å². The lowest BCUT2D eigenvalue weighted by atomic mass is 10.1. The highest BCUT2D eigenvalue weighted by molar-refractivity contribution is 7.98. The molecule has 0 radical (unpaired) electrons. The molecule has 0 saturated heterocycles. The molecule has 116 valence electrons. The topological polar surface area (TPSA) is 83.6 Å². The lowest BCUT2D eigenvalue weighted by molar-refractivity contribution is 0.102. The van der Waals surface area contributed by atoms with Gasteiger partial charge in [0, 0.05) is 17.5 Å². The number of hydrogen-bond acceptors (Lipinski definition) is 5. The summed E-state index contributed by atoms with van der Waals surface area (Å²) in [6.07, 6.45) is 3.14. The third kappa shape index (κ3) is 3.95. The van der Waals surface area contributed by atoms with E-state index in [2.05, 4.69) is 25.5 Å². The van der Waals surface area contributed by atoms with Crippen LogP contribution < -0.4 is 5.32 Å². The van der Waals surface area contributed by atoms with E-state index in [-0.39, 0.29) is 5.91 Å². The molecular weight excluding hydrogens is 310 g/mol. The van der Waals surface area contributed by atoms with Gasteiger partial charge in [0.2, 0.25) is 0 Å². The van der Waals surface area contributed by atoms with Gasteiger partial charge in [0.15, 0.2) is 5.16 Å². The normalized spacial score (nSPS) is 10.5. The molecule has 6 nitrogen and oxygen atoms in total. The van der Waals surface area contributed by atoms with E-state index < -0.39 is 0 Å². The van der Waals surface area contributed by atoms with Crippen molar-refractivity contribution in [3.05, 3.63) is 65.6 Å². The first-order valence-corrected chi connectivity index (χ1v) is 8.01. The summed E-state index contributed by atoms with van der Waals surface area (Å²) >= 11 is 1.50. The van der Waals surface area contributed by atoms with Crippen LogP contribution in [-0.4, -0.2) is 26.1 Å². The number of rotatable bonds is 5. The van der Waals surface area contributed by atoms with Gasteiger partial charge in [-0.25, -0.2) is 9.97 Å². The molecule has 1 aromatic carbocycles. The summed E-state index contributed by atoms with van der Waals surface area (Å²) in [5, 5.41) is 10.2. The van der Waals surface area contributed by atoms with Crippen molar-refractivity contribution in [3.63, 3.8) is 0 Å². The van der Waals surface area contributed by atoms with Crippen molar-refractivity contribution >= 4 is 23.5 Å². The zero-order valence-corrected chi connectivity index (χ0v) is 13.3. The van der Waals surface area contributed by atoms with Crippen LogP contribution in [0, 0.1) is 6.92 Å². The van der Waals surface area contributed by atoms with Crippen LogP contribution in [0.3, 0.4) is 0 Å². The summed E-state index contributed by atoms with van der Waals surface area (Å²) in [6.45, 7) is 1.96. The van der Waals surface area contributed by atoms with Crippen LogP contribution in [0.25, 0.3) is 0 Å². The van der Waals surface area contributed by atoms with Gasteiger partial charge in [0.05, 0.1) is 0 Å². The smallest absolute Gasteiger partial charge is 0.257 e. The van der Waals surface area contributed by atoms with Crippen LogP contribution in [0.4, 0.5) is 5.82 Å². The Labute approximate surface area is 137 Å². The van der Waals surface area contributed by atoms with Crippen LogP contribution in [0.15, 0.2) is 54.1 Å². The molecule has 3 rings (SSSR count). The molecule has 0 unspecified atom stereocenters. The molecule has 0 fully saturated rings. The zero-order valence-electron chi connectivity index (χ0n) is 12.5. The molecule has 2 aromatic heterocycles. The summed E-state index contributed by atoms with van der Waals surface area (Å²) in [5.74, 6) is 1.00. The van der Waals surface area contributed by atoms with Crippen LogP contribution in [0.1, 0.15) is 21.5 Å². The molecule has 0 spiro atoms. The molecule has 0 atom stereocenters. The Bertz CT molecular complexity index is 804. The Kier molecular flexibility index (Phi) is 4.68. The van der Waals surface area contributed by atoms with Gasteiger partial charge in [-0.1, -0.05) is 30.0 Å². The first-order valence-electron chi connectivity index (χ1n) is 7.02. The number of aromatic amines is 1. The van der Waals surface area contributed by atoms with E-state index in [1.54, 1.807) is 12.3 Å². The number of nitrogens with zero attached hydrogens (tertiary/aromatic N) is 3. The van der Waals surface area contributed by atoms with Crippen molar-refractivity contribution in [1.82, 2.24) is 20.2 Å². The quantitative estimate of drug-likeness (QED) is 0.704. The number of nitrogens with one attached hydrogen (secondary N) is 2. The monoisotopic (exact) mass is 325 g/mol. The Morgan fingerprint density at radius 2 is 2.13 bits per heavy atom. The summed E-state index contributed by atoms with van der Waals surface area (Å²) in [4.78, 5) is 20.7. The number of carbonyl (C=O) groups is 1. The van der Waals surface area contributed by atoms with Crippen molar-refractivity contribution < 1.29 is 4.79 Å². The SMILES string of the molecule is Cc1ccnc(NC(=O)c2ccccc2CSc2ncn[nH]2)c1. The van der Waals surface area contributed by atoms with Gasteiger partial charge in [-0.3, -0.25) is 9.89 Å². The van der Waals surface area contributed by atoms with Crippen molar-refractivity contribution in [2.24, 2.45) is 0 Å². The maximum Gasteiger partial charge on any atom is 0.257 e. The number of pyridine rings is 1. The number of aryl methyl sites for hydroxylation is 1. The Hall–Kier alpha value is -2.67. The van der Waals surface area contributed by atoms with E-state index in [0.29, 0.717) is 17.1 Å². The molecular formula is C16H15N5OS. The molecule has 23 heavy (non-hydrogen) atoms. The van der Waals surface area contributed by atoms with Gasteiger partial charge in [-0.15, -0.1) is 0 Å². The molecule has 1 amide bonds. The largest absolute Gasteiger partial charge is 0.307 e. The molecule has 3 aromatic rings. The minimum absolute atomic E-state index is 0.170. The van der Waals surface area contributed by atoms with E-state index in [4.69, 9.17) is 0 Å². The number of hydrogen-bond donors (Lipinski definition) is 2. The molecule has 7 heteroatoms. The fraction of sp³-hybridized carbons (Fsp3) is 0.125. The maximum absolute atomic E-state index is 12.5. The summed E-state index contributed by atoms with van der Waals surface area (Å²) in [5.41, 5.74) is 2.60. The van der Waals surface area contributed by atoms with Gasteiger partial charge in [0.1, 0.15) is 12.1 Å².